The zero-order chi connectivity index (χ0) is 26.2. The van der Waals surface area contributed by atoms with Crippen molar-refractivity contribution < 1.29 is 9.50 Å². The van der Waals surface area contributed by atoms with Crippen molar-refractivity contribution in [1.29, 1.82) is 0 Å². The van der Waals surface area contributed by atoms with Crippen LogP contribution in [0.3, 0.4) is 0 Å². The highest BCUT2D eigenvalue weighted by Gasteiger charge is 2.18. The average Bonchev–Trinajstić information content (AvgIpc) is 3.51. The molecule has 11 heteroatoms. The molecule has 0 aliphatic rings. The van der Waals surface area contributed by atoms with Crippen LogP contribution in [0.2, 0.25) is 0 Å². The van der Waals surface area contributed by atoms with Crippen LogP contribution in [0.4, 0.5) is 10.1 Å². The highest BCUT2D eigenvalue weighted by atomic mass is 19.1. The van der Waals surface area contributed by atoms with E-state index in [0.29, 0.717) is 57.3 Å². The molecule has 10 nitrogen and oxygen atoms in total. The minimum Gasteiger partial charge on any atom is -0.506 e. The molecule has 0 saturated carbocycles. The summed E-state index contributed by atoms with van der Waals surface area (Å²) in [6, 6.07) is 11.9. The number of aromatic hydroxyl groups is 1. The fourth-order valence-electron chi connectivity index (χ4n) is 4.30. The fraction of sp³-hybridized carbons (Fsp3) is 0.148. The second kappa shape index (κ2) is 9.52. The van der Waals surface area contributed by atoms with Crippen LogP contribution < -0.4 is 5.32 Å². The number of H-pyrrole nitrogens is 2. The Balaban J connectivity index is 1.40. The summed E-state index contributed by atoms with van der Waals surface area (Å²) in [6.07, 6.45) is 4.67. The third-order valence-electron chi connectivity index (χ3n) is 6.11. The third kappa shape index (κ3) is 4.50. The van der Waals surface area contributed by atoms with Crippen molar-refractivity contribution in [3.63, 3.8) is 0 Å². The molecule has 0 aliphatic carbocycles. The molecule has 190 valence electrons. The van der Waals surface area contributed by atoms with Gasteiger partial charge in [0.15, 0.2) is 11.5 Å². The summed E-state index contributed by atoms with van der Waals surface area (Å²) in [5.41, 5.74) is 6.36. The van der Waals surface area contributed by atoms with Crippen LogP contribution in [0.15, 0.2) is 61.1 Å². The summed E-state index contributed by atoms with van der Waals surface area (Å²) < 4.78 is 14.6. The number of aromatic amines is 2. The summed E-state index contributed by atoms with van der Waals surface area (Å²) >= 11 is 0. The van der Waals surface area contributed by atoms with Crippen molar-refractivity contribution in [3.05, 3.63) is 66.9 Å². The van der Waals surface area contributed by atoms with Gasteiger partial charge in [0.25, 0.3) is 0 Å². The third-order valence-corrected chi connectivity index (χ3v) is 6.11. The van der Waals surface area contributed by atoms with E-state index < -0.39 is 0 Å². The summed E-state index contributed by atoms with van der Waals surface area (Å²) in [5.74, 6) is 0.198. The molecule has 0 aliphatic heterocycles. The minimum atomic E-state index is -0.360. The molecule has 6 rings (SSSR count). The van der Waals surface area contributed by atoms with E-state index in [4.69, 9.17) is 9.97 Å². The molecule has 4 N–H and O–H groups in total. The van der Waals surface area contributed by atoms with E-state index in [0.717, 1.165) is 17.6 Å². The van der Waals surface area contributed by atoms with Crippen LogP contribution in [-0.2, 0) is 0 Å². The summed E-state index contributed by atoms with van der Waals surface area (Å²) in [7, 11) is 3.97. The molecule has 0 amide bonds. The van der Waals surface area contributed by atoms with E-state index in [-0.39, 0.29) is 11.6 Å². The zero-order valence-electron chi connectivity index (χ0n) is 20.7. The number of hydrogen-bond donors (Lipinski definition) is 4. The lowest BCUT2D eigenvalue weighted by atomic mass is 10.1. The van der Waals surface area contributed by atoms with Crippen molar-refractivity contribution in [2.45, 2.75) is 0 Å². The van der Waals surface area contributed by atoms with Crippen molar-refractivity contribution in [2.75, 3.05) is 32.5 Å². The van der Waals surface area contributed by atoms with Gasteiger partial charge in [-0.2, -0.15) is 5.10 Å². The number of anilines is 1. The lowest BCUT2D eigenvalue weighted by Gasteiger charge is -2.12. The first kappa shape index (κ1) is 23.5. The first-order valence-electron chi connectivity index (χ1n) is 12.0. The normalized spacial score (nSPS) is 11.6. The average molecular weight is 510 g/mol. The summed E-state index contributed by atoms with van der Waals surface area (Å²) in [5, 5.41) is 20.5. The molecule has 0 atom stereocenters. The molecule has 0 saturated heterocycles. The molecular formula is C27H24FN9O. The smallest absolute Gasteiger partial charge is 0.161 e. The van der Waals surface area contributed by atoms with Gasteiger partial charge >= 0.3 is 0 Å². The Labute approximate surface area is 216 Å². The van der Waals surface area contributed by atoms with E-state index in [1.165, 1.54) is 18.3 Å². The molecule has 38 heavy (non-hydrogen) atoms. The van der Waals surface area contributed by atoms with E-state index in [1.807, 2.05) is 38.4 Å². The largest absolute Gasteiger partial charge is 0.506 e. The maximum Gasteiger partial charge on any atom is 0.161 e. The van der Waals surface area contributed by atoms with Gasteiger partial charge in [-0.1, -0.05) is 0 Å². The molecule has 6 aromatic rings. The standard InChI is InChI=1S/C27H24FN9O/c1-37(2)8-7-30-18-10-15(9-17(28)12-18)23-24-21(5-6-31-23)33-27(34-24)26-25-22(35-36-26)4-3-20(32-25)16-11-19(38)14-29-13-16/h3-6,9-14,30,38H,7-8H2,1-2H3,(H,33,34)(H,35,36). The molecule has 0 fully saturated rings. The number of benzene rings is 1. The van der Waals surface area contributed by atoms with Gasteiger partial charge in [0, 0.05) is 42.3 Å². The monoisotopic (exact) mass is 509 g/mol. The number of imidazole rings is 1. The van der Waals surface area contributed by atoms with Crippen LogP contribution in [0.1, 0.15) is 0 Å². The van der Waals surface area contributed by atoms with Gasteiger partial charge in [-0.05, 0) is 56.6 Å². The van der Waals surface area contributed by atoms with Gasteiger partial charge in [0.1, 0.15) is 22.6 Å². The number of fused-ring (bicyclic) bond motifs is 2. The maximum atomic E-state index is 14.6. The topological polar surface area (TPSA) is 132 Å². The van der Waals surface area contributed by atoms with E-state index in [9.17, 15) is 9.50 Å². The van der Waals surface area contributed by atoms with Crippen molar-refractivity contribution >= 4 is 27.8 Å². The molecule has 5 heterocycles. The Morgan fingerprint density at radius 1 is 0.947 bits per heavy atom. The Morgan fingerprint density at radius 3 is 2.66 bits per heavy atom. The van der Waals surface area contributed by atoms with E-state index in [2.05, 4.69) is 35.4 Å². The van der Waals surface area contributed by atoms with Gasteiger partial charge in [-0.25, -0.2) is 14.4 Å². The highest BCUT2D eigenvalue weighted by molar-refractivity contribution is 5.95. The second-order valence-electron chi connectivity index (χ2n) is 9.20. The van der Waals surface area contributed by atoms with Gasteiger partial charge in [0.2, 0.25) is 0 Å². The van der Waals surface area contributed by atoms with Gasteiger partial charge in [-0.3, -0.25) is 15.1 Å². The maximum absolute atomic E-state index is 14.6. The van der Waals surface area contributed by atoms with Gasteiger partial charge < -0.3 is 20.3 Å². The summed E-state index contributed by atoms with van der Waals surface area (Å²) in [6.45, 7) is 1.50. The van der Waals surface area contributed by atoms with Crippen LogP contribution in [0, 0.1) is 5.82 Å². The first-order chi connectivity index (χ1) is 18.4. The quantitative estimate of drug-likeness (QED) is 0.248. The number of nitrogens with zero attached hydrogens (tertiary/aromatic N) is 6. The van der Waals surface area contributed by atoms with Crippen LogP contribution in [-0.4, -0.2) is 72.3 Å². The second-order valence-corrected chi connectivity index (χ2v) is 9.20. The molecule has 0 unspecified atom stereocenters. The van der Waals surface area contributed by atoms with Crippen molar-refractivity contribution in [3.8, 4) is 39.8 Å². The molecule has 0 spiro atoms. The van der Waals surface area contributed by atoms with E-state index in [1.54, 1.807) is 18.5 Å². The van der Waals surface area contributed by atoms with Crippen LogP contribution in [0.25, 0.3) is 56.1 Å². The Morgan fingerprint density at radius 2 is 1.82 bits per heavy atom. The number of halogens is 1. The number of pyridine rings is 3. The summed E-state index contributed by atoms with van der Waals surface area (Å²) in [4.78, 5) is 23.5. The SMILES string of the molecule is CN(C)CCNc1cc(F)cc(-c2nccc3[nH]c(-c4n[nH]c5ccc(-c6cncc(O)c6)nc45)nc23)c1. The van der Waals surface area contributed by atoms with Gasteiger partial charge in [-0.15, -0.1) is 0 Å². The predicted molar refractivity (Wildman–Crippen MR) is 144 cm³/mol. The lowest BCUT2D eigenvalue weighted by Crippen LogP contribution is -2.20. The van der Waals surface area contributed by atoms with Crippen molar-refractivity contribution in [1.82, 2.24) is 40.0 Å². The Hall–Kier alpha value is -4.90. The van der Waals surface area contributed by atoms with Crippen LogP contribution in [0.5, 0.6) is 5.75 Å². The van der Waals surface area contributed by atoms with Gasteiger partial charge in [0.05, 0.1) is 28.6 Å². The highest BCUT2D eigenvalue weighted by Crippen LogP contribution is 2.32. The first-order valence-corrected chi connectivity index (χ1v) is 12.0. The fourth-order valence-corrected chi connectivity index (χ4v) is 4.30. The Kier molecular flexibility index (Phi) is 5.89. The Bertz CT molecular complexity index is 1780. The number of likely N-dealkylation sites (N-methyl/N-ethyl adjacent to an activating group) is 1. The molecule has 5 aromatic heterocycles. The number of aromatic nitrogens is 7. The predicted octanol–water partition coefficient (Wildman–Crippen LogP) is 4.44. The minimum absolute atomic E-state index is 0.0579. The van der Waals surface area contributed by atoms with E-state index >= 15 is 0 Å². The lowest BCUT2D eigenvalue weighted by molar-refractivity contribution is 0.425. The number of hydrogen-bond acceptors (Lipinski definition) is 8. The molecular weight excluding hydrogens is 485 g/mol. The molecule has 0 radical (unpaired) electrons. The zero-order valence-corrected chi connectivity index (χ0v) is 20.7. The van der Waals surface area contributed by atoms with Crippen LogP contribution >= 0.6 is 0 Å². The number of nitrogens with one attached hydrogen (secondary N) is 3. The molecule has 0 bridgehead atoms. The molecule has 1 aromatic carbocycles. The number of rotatable bonds is 7. The van der Waals surface area contributed by atoms with Crippen molar-refractivity contribution in [2.24, 2.45) is 0 Å².